The molecule has 0 saturated heterocycles. The van der Waals surface area contributed by atoms with Crippen LogP contribution in [0, 0.1) is 21.4 Å². The van der Waals surface area contributed by atoms with Gasteiger partial charge in [0.05, 0.1) is 30.7 Å². The van der Waals surface area contributed by atoms with Crippen molar-refractivity contribution in [3.63, 3.8) is 0 Å². The first-order valence-electron chi connectivity index (χ1n) is 9.42. The molecule has 0 fully saturated rings. The van der Waals surface area contributed by atoms with Gasteiger partial charge in [-0.2, -0.15) is 5.26 Å². The molecular weight excluding hydrogens is 524 g/mol. The molecule has 0 bridgehead atoms. The second kappa shape index (κ2) is 11.2. The van der Waals surface area contributed by atoms with Gasteiger partial charge in [0, 0.05) is 12.1 Å². The van der Waals surface area contributed by atoms with Crippen LogP contribution in [-0.4, -0.2) is 10.8 Å². The molecule has 172 valence electrons. The second-order valence-electron chi connectivity index (χ2n) is 6.75. The third-order valence-corrected chi connectivity index (χ3v) is 5.56. The molecule has 0 aliphatic carbocycles. The van der Waals surface area contributed by atoms with E-state index < -0.39 is 10.8 Å². The minimum atomic E-state index is -0.836. The van der Waals surface area contributed by atoms with Gasteiger partial charge in [0.15, 0.2) is 5.75 Å². The van der Waals surface area contributed by atoms with Gasteiger partial charge in [0.2, 0.25) is 0 Å². The Kier molecular flexibility index (Phi) is 8.37. The van der Waals surface area contributed by atoms with Crippen molar-refractivity contribution in [2.45, 2.75) is 6.61 Å². The number of hydrogen-bond acceptors (Lipinski definition) is 5. The lowest BCUT2D eigenvalue weighted by molar-refractivity contribution is -0.384. The lowest BCUT2D eigenvalue weighted by Crippen LogP contribution is -2.14. The fourth-order valence-corrected chi connectivity index (χ4v) is 3.99. The fourth-order valence-electron chi connectivity index (χ4n) is 2.81. The molecule has 3 rings (SSSR count). The average molecular weight is 537 g/mol. The number of carbonyl (C=O) groups is 1. The van der Waals surface area contributed by atoms with Crippen LogP contribution >= 0.6 is 46.4 Å². The molecular formula is C23H13Cl4N3O4. The Labute approximate surface area is 214 Å². The average Bonchev–Trinajstić information content (AvgIpc) is 2.79. The van der Waals surface area contributed by atoms with Gasteiger partial charge in [-0.25, -0.2) is 0 Å². The number of nitriles is 1. The van der Waals surface area contributed by atoms with Crippen molar-refractivity contribution in [3.05, 3.63) is 102 Å². The summed E-state index contributed by atoms with van der Waals surface area (Å²) in [5, 5.41) is 22.8. The Morgan fingerprint density at radius 3 is 2.15 bits per heavy atom. The highest BCUT2D eigenvalue weighted by Crippen LogP contribution is 2.37. The van der Waals surface area contributed by atoms with Gasteiger partial charge in [0.25, 0.3) is 11.6 Å². The monoisotopic (exact) mass is 535 g/mol. The largest absolute Gasteiger partial charge is 0.486 e. The number of nitro groups is 1. The molecule has 0 aromatic heterocycles. The first-order chi connectivity index (χ1) is 16.2. The molecule has 1 amide bonds. The van der Waals surface area contributed by atoms with Crippen LogP contribution in [0.3, 0.4) is 0 Å². The van der Waals surface area contributed by atoms with E-state index in [0.29, 0.717) is 5.56 Å². The van der Waals surface area contributed by atoms with E-state index in [2.05, 4.69) is 5.32 Å². The summed E-state index contributed by atoms with van der Waals surface area (Å²) in [7, 11) is 0. The molecule has 11 heteroatoms. The maximum atomic E-state index is 12.6. The number of rotatable bonds is 7. The number of benzene rings is 3. The van der Waals surface area contributed by atoms with Crippen LogP contribution in [0.5, 0.6) is 5.75 Å². The van der Waals surface area contributed by atoms with E-state index in [9.17, 15) is 20.2 Å². The van der Waals surface area contributed by atoms with Crippen LogP contribution in [0.15, 0.2) is 60.2 Å². The molecule has 34 heavy (non-hydrogen) atoms. The number of nitrogens with one attached hydrogen (secondary N) is 1. The van der Waals surface area contributed by atoms with Crippen LogP contribution < -0.4 is 10.1 Å². The molecule has 0 unspecified atom stereocenters. The predicted molar refractivity (Wildman–Crippen MR) is 133 cm³/mol. The summed E-state index contributed by atoms with van der Waals surface area (Å²) in [5.74, 6) is -0.575. The third kappa shape index (κ3) is 6.19. The first-order valence-corrected chi connectivity index (χ1v) is 10.9. The summed E-state index contributed by atoms with van der Waals surface area (Å²) >= 11 is 24.6. The van der Waals surface area contributed by atoms with Gasteiger partial charge in [-0.3, -0.25) is 14.9 Å². The van der Waals surface area contributed by atoms with Crippen molar-refractivity contribution < 1.29 is 14.5 Å². The van der Waals surface area contributed by atoms with E-state index in [4.69, 9.17) is 51.1 Å². The maximum absolute atomic E-state index is 12.6. The first kappa shape index (κ1) is 25.3. The van der Waals surface area contributed by atoms with Crippen LogP contribution in [0.25, 0.3) is 6.08 Å². The zero-order valence-corrected chi connectivity index (χ0v) is 20.0. The Balaban J connectivity index is 1.81. The van der Waals surface area contributed by atoms with E-state index in [-0.39, 0.29) is 49.4 Å². The lowest BCUT2D eigenvalue weighted by atomic mass is 10.1. The highest BCUT2D eigenvalue weighted by Gasteiger charge is 2.19. The van der Waals surface area contributed by atoms with Gasteiger partial charge in [-0.15, -0.1) is 0 Å². The van der Waals surface area contributed by atoms with E-state index >= 15 is 0 Å². The third-order valence-electron chi connectivity index (χ3n) is 4.40. The summed E-state index contributed by atoms with van der Waals surface area (Å²) in [4.78, 5) is 22.9. The summed E-state index contributed by atoms with van der Waals surface area (Å²) < 4.78 is 5.71. The number of anilines is 1. The number of carbonyl (C=O) groups excluding carboxylic acids is 1. The molecule has 3 aromatic carbocycles. The highest BCUT2D eigenvalue weighted by atomic mass is 35.5. The Bertz CT molecular complexity index is 1290. The van der Waals surface area contributed by atoms with Crippen molar-refractivity contribution in [2.24, 2.45) is 0 Å². The zero-order valence-electron chi connectivity index (χ0n) is 17.0. The predicted octanol–water partition coefficient (Wildman–Crippen LogP) is 7.33. The van der Waals surface area contributed by atoms with Crippen molar-refractivity contribution in [1.29, 1.82) is 5.26 Å². The minimum absolute atomic E-state index is 0.0687. The SMILES string of the molecule is N#C/C(=C\c1cc(Cl)c(OCc2ccccc2)c(Cl)c1)C(=O)Nc1c(Cl)cc([N+](=O)[O-])cc1Cl. The molecule has 0 aliphatic rings. The summed E-state index contributed by atoms with van der Waals surface area (Å²) in [6.45, 7) is 0.248. The standard InChI is InChI=1S/C23H13Cl4N3O4/c24-17-9-16(30(32)33)10-18(25)21(17)29-23(31)15(11-28)6-14-7-19(26)22(20(27)8-14)34-12-13-4-2-1-3-5-13/h1-10H,12H2,(H,29,31)/b15-6+. The van der Waals surface area contributed by atoms with Gasteiger partial charge < -0.3 is 10.1 Å². The van der Waals surface area contributed by atoms with Crippen molar-refractivity contribution >= 4 is 69.8 Å². The molecule has 0 spiro atoms. The number of non-ortho nitro benzene ring substituents is 1. The molecule has 7 nitrogen and oxygen atoms in total. The normalized spacial score (nSPS) is 11.0. The van der Waals surface area contributed by atoms with Gasteiger partial charge >= 0.3 is 0 Å². The number of nitro benzene ring substituents is 1. The Morgan fingerprint density at radius 2 is 1.62 bits per heavy atom. The van der Waals surface area contributed by atoms with E-state index in [1.54, 1.807) is 6.07 Å². The summed E-state index contributed by atoms with van der Waals surface area (Å²) in [6.07, 6.45) is 1.27. The smallest absolute Gasteiger partial charge is 0.272 e. The van der Waals surface area contributed by atoms with Crippen molar-refractivity contribution in [1.82, 2.24) is 0 Å². The van der Waals surface area contributed by atoms with Gasteiger partial charge in [0.1, 0.15) is 18.2 Å². The van der Waals surface area contributed by atoms with Crippen molar-refractivity contribution in [3.8, 4) is 11.8 Å². The van der Waals surface area contributed by atoms with E-state index in [1.807, 2.05) is 30.3 Å². The van der Waals surface area contributed by atoms with Crippen LogP contribution in [-0.2, 0) is 11.4 Å². The van der Waals surface area contributed by atoms with Crippen molar-refractivity contribution in [2.75, 3.05) is 5.32 Å². The van der Waals surface area contributed by atoms with Crippen LogP contribution in [0.1, 0.15) is 11.1 Å². The highest BCUT2D eigenvalue weighted by molar-refractivity contribution is 6.40. The van der Waals surface area contributed by atoms with Crippen LogP contribution in [0.4, 0.5) is 11.4 Å². The summed E-state index contributed by atoms with van der Waals surface area (Å²) in [6, 6.07) is 16.2. The Hall–Kier alpha value is -3.28. The minimum Gasteiger partial charge on any atom is -0.486 e. The number of ether oxygens (including phenoxy) is 1. The molecule has 0 atom stereocenters. The van der Waals surface area contributed by atoms with E-state index in [0.717, 1.165) is 17.7 Å². The molecule has 3 aromatic rings. The maximum Gasteiger partial charge on any atom is 0.272 e. The molecule has 0 radical (unpaired) electrons. The van der Waals surface area contributed by atoms with E-state index in [1.165, 1.54) is 18.2 Å². The quantitative estimate of drug-likeness (QED) is 0.147. The number of hydrogen-bond donors (Lipinski definition) is 1. The van der Waals surface area contributed by atoms with Gasteiger partial charge in [-0.1, -0.05) is 76.7 Å². The lowest BCUT2D eigenvalue weighted by Gasteiger charge is -2.11. The molecule has 1 N–H and O–H groups in total. The Morgan fingerprint density at radius 1 is 1.03 bits per heavy atom. The van der Waals surface area contributed by atoms with Gasteiger partial charge in [-0.05, 0) is 29.3 Å². The zero-order chi connectivity index (χ0) is 24.8. The fraction of sp³-hybridized carbons (Fsp3) is 0.0435. The van der Waals surface area contributed by atoms with Crippen LogP contribution in [0.2, 0.25) is 20.1 Å². The topological polar surface area (TPSA) is 105 Å². The molecule has 0 saturated carbocycles. The number of amides is 1. The number of nitrogens with zero attached hydrogens (tertiary/aromatic N) is 2. The number of halogens is 4. The molecule has 0 heterocycles. The second-order valence-corrected chi connectivity index (χ2v) is 8.38. The molecule has 0 aliphatic heterocycles. The summed E-state index contributed by atoms with van der Waals surface area (Å²) in [5.41, 5.74) is 0.569.